The number of carboxylic acids is 1. The van der Waals surface area contributed by atoms with E-state index in [9.17, 15) is 9.59 Å². The van der Waals surface area contributed by atoms with E-state index in [2.05, 4.69) is 5.92 Å². The quantitative estimate of drug-likeness (QED) is 0.608. The second kappa shape index (κ2) is 4.19. The van der Waals surface area contributed by atoms with Gasteiger partial charge in [-0.3, -0.25) is 4.79 Å². The van der Waals surface area contributed by atoms with Crippen molar-refractivity contribution in [2.24, 2.45) is 0 Å². The molecule has 0 amide bonds. The number of benzene rings is 1. The summed E-state index contributed by atoms with van der Waals surface area (Å²) in [6.45, 7) is 5.01. The molecular formula is C13H12O3. The third kappa shape index (κ3) is 1.59. The van der Waals surface area contributed by atoms with Gasteiger partial charge in [-0.2, -0.15) is 0 Å². The molecule has 1 rings (SSSR count). The maximum atomic E-state index is 11.1. The molecule has 16 heavy (non-hydrogen) atoms. The van der Waals surface area contributed by atoms with E-state index in [0.29, 0.717) is 34.1 Å². The van der Waals surface area contributed by atoms with Crippen molar-refractivity contribution in [1.82, 2.24) is 0 Å². The van der Waals surface area contributed by atoms with Gasteiger partial charge in [0.1, 0.15) is 0 Å². The zero-order valence-corrected chi connectivity index (χ0v) is 9.42. The second-order valence-electron chi connectivity index (χ2n) is 3.61. The average molecular weight is 216 g/mol. The SMILES string of the molecule is C#Cc1c(C)c(C=O)c(C)c(C(=O)O)c1C. The second-order valence-corrected chi connectivity index (χ2v) is 3.61. The highest BCUT2D eigenvalue weighted by Gasteiger charge is 2.19. The molecule has 0 aliphatic rings. The Bertz CT molecular complexity index is 519. The highest BCUT2D eigenvalue weighted by molar-refractivity contribution is 5.96. The predicted octanol–water partition coefficient (Wildman–Crippen LogP) is 2.10. The smallest absolute Gasteiger partial charge is 0.336 e. The Morgan fingerprint density at radius 2 is 1.81 bits per heavy atom. The van der Waals surface area contributed by atoms with Crippen molar-refractivity contribution < 1.29 is 14.7 Å². The number of hydrogen-bond acceptors (Lipinski definition) is 2. The summed E-state index contributed by atoms with van der Waals surface area (Å²) in [5, 5.41) is 9.09. The van der Waals surface area contributed by atoms with E-state index < -0.39 is 5.97 Å². The van der Waals surface area contributed by atoms with Gasteiger partial charge in [-0.05, 0) is 37.5 Å². The molecule has 0 aliphatic carbocycles. The maximum Gasteiger partial charge on any atom is 0.336 e. The van der Waals surface area contributed by atoms with Gasteiger partial charge in [0, 0.05) is 11.1 Å². The Morgan fingerprint density at radius 1 is 1.25 bits per heavy atom. The normalized spacial score (nSPS) is 9.62. The molecule has 0 saturated heterocycles. The van der Waals surface area contributed by atoms with Crippen molar-refractivity contribution in [3.8, 4) is 12.3 Å². The third-order valence-corrected chi connectivity index (χ3v) is 2.78. The van der Waals surface area contributed by atoms with Crippen molar-refractivity contribution >= 4 is 12.3 Å². The summed E-state index contributed by atoms with van der Waals surface area (Å²) < 4.78 is 0. The van der Waals surface area contributed by atoms with Gasteiger partial charge < -0.3 is 5.11 Å². The molecule has 1 N–H and O–H groups in total. The van der Waals surface area contributed by atoms with Gasteiger partial charge in [0.15, 0.2) is 6.29 Å². The molecule has 0 aliphatic heterocycles. The minimum Gasteiger partial charge on any atom is -0.478 e. The summed E-state index contributed by atoms with van der Waals surface area (Å²) in [7, 11) is 0. The summed E-state index contributed by atoms with van der Waals surface area (Å²) in [6, 6.07) is 0. The first kappa shape index (κ1) is 12.0. The van der Waals surface area contributed by atoms with Crippen molar-refractivity contribution in [3.63, 3.8) is 0 Å². The molecule has 3 heteroatoms. The number of aromatic carboxylic acids is 1. The minimum absolute atomic E-state index is 0.126. The van der Waals surface area contributed by atoms with Crippen LogP contribution in [-0.2, 0) is 0 Å². The third-order valence-electron chi connectivity index (χ3n) is 2.78. The van der Waals surface area contributed by atoms with Gasteiger partial charge in [-0.25, -0.2) is 4.79 Å². The van der Waals surface area contributed by atoms with E-state index in [1.165, 1.54) is 0 Å². The fraction of sp³-hybridized carbons (Fsp3) is 0.231. The van der Waals surface area contributed by atoms with E-state index in [1.54, 1.807) is 20.8 Å². The molecule has 0 aromatic heterocycles. The molecular weight excluding hydrogens is 204 g/mol. The number of carbonyl (C=O) groups is 2. The first-order valence-electron chi connectivity index (χ1n) is 4.74. The Hall–Kier alpha value is -2.08. The highest BCUT2D eigenvalue weighted by atomic mass is 16.4. The molecule has 0 saturated carbocycles. The number of rotatable bonds is 2. The Kier molecular flexibility index (Phi) is 3.14. The lowest BCUT2D eigenvalue weighted by Gasteiger charge is -2.14. The number of carbonyl (C=O) groups excluding carboxylic acids is 1. The van der Waals surface area contributed by atoms with Crippen LogP contribution in [0.3, 0.4) is 0 Å². The van der Waals surface area contributed by atoms with Crippen LogP contribution in [0.5, 0.6) is 0 Å². The number of terminal acetylenes is 1. The van der Waals surface area contributed by atoms with Crippen LogP contribution in [0.1, 0.15) is 43.0 Å². The van der Waals surface area contributed by atoms with Crippen LogP contribution in [-0.4, -0.2) is 17.4 Å². The molecule has 0 heterocycles. The topological polar surface area (TPSA) is 54.4 Å². The zero-order valence-electron chi connectivity index (χ0n) is 9.42. The van der Waals surface area contributed by atoms with Crippen LogP contribution in [0, 0.1) is 33.1 Å². The zero-order chi connectivity index (χ0) is 12.5. The molecule has 0 radical (unpaired) electrons. The Balaban J connectivity index is 3.86. The largest absolute Gasteiger partial charge is 0.478 e. The number of aldehydes is 1. The van der Waals surface area contributed by atoms with Crippen LogP contribution in [0.25, 0.3) is 0 Å². The van der Waals surface area contributed by atoms with Crippen LogP contribution < -0.4 is 0 Å². The summed E-state index contributed by atoms with van der Waals surface area (Å²) in [5.74, 6) is 1.38. The van der Waals surface area contributed by atoms with E-state index in [4.69, 9.17) is 11.5 Å². The van der Waals surface area contributed by atoms with Crippen molar-refractivity contribution in [1.29, 1.82) is 0 Å². The van der Waals surface area contributed by atoms with Gasteiger partial charge in [0.2, 0.25) is 0 Å². The molecule has 0 fully saturated rings. The summed E-state index contributed by atoms with van der Waals surface area (Å²) >= 11 is 0. The van der Waals surface area contributed by atoms with Crippen LogP contribution >= 0.6 is 0 Å². The number of carboxylic acid groups (broad SMARTS) is 1. The lowest BCUT2D eigenvalue weighted by atomic mass is 9.89. The van der Waals surface area contributed by atoms with E-state index >= 15 is 0 Å². The van der Waals surface area contributed by atoms with Crippen molar-refractivity contribution in [2.75, 3.05) is 0 Å². The van der Waals surface area contributed by atoms with Crippen LogP contribution in [0.4, 0.5) is 0 Å². The summed E-state index contributed by atoms with van der Waals surface area (Å²) in [5.41, 5.74) is 2.66. The summed E-state index contributed by atoms with van der Waals surface area (Å²) in [4.78, 5) is 22.0. The van der Waals surface area contributed by atoms with Gasteiger partial charge >= 0.3 is 5.97 Å². The molecule has 0 bridgehead atoms. The maximum absolute atomic E-state index is 11.1. The lowest BCUT2D eigenvalue weighted by Crippen LogP contribution is -2.10. The first-order valence-corrected chi connectivity index (χ1v) is 4.74. The van der Waals surface area contributed by atoms with Crippen LogP contribution in [0.15, 0.2) is 0 Å². The first-order chi connectivity index (χ1) is 7.45. The molecule has 0 unspecified atom stereocenters. The molecule has 3 nitrogen and oxygen atoms in total. The fourth-order valence-corrected chi connectivity index (χ4v) is 1.95. The minimum atomic E-state index is -1.06. The Morgan fingerprint density at radius 3 is 2.19 bits per heavy atom. The lowest BCUT2D eigenvalue weighted by molar-refractivity contribution is 0.0695. The van der Waals surface area contributed by atoms with E-state index in [1.807, 2.05) is 0 Å². The number of hydrogen-bond donors (Lipinski definition) is 1. The molecule has 1 aromatic carbocycles. The van der Waals surface area contributed by atoms with Crippen molar-refractivity contribution in [3.05, 3.63) is 33.4 Å². The molecule has 82 valence electrons. The van der Waals surface area contributed by atoms with Gasteiger partial charge in [0.05, 0.1) is 5.56 Å². The predicted molar refractivity (Wildman–Crippen MR) is 60.9 cm³/mol. The van der Waals surface area contributed by atoms with Gasteiger partial charge in [-0.1, -0.05) is 5.92 Å². The molecule has 1 aromatic rings. The average Bonchev–Trinajstić information content (AvgIpc) is 2.18. The monoisotopic (exact) mass is 216 g/mol. The van der Waals surface area contributed by atoms with Crippen molar-refractivity contribution in [2.45, 2.75) is 20.8 Å². The molecule has 0 atom stereocenters. The van der Waals surface area contributed by atoms with Gasteiger partial charge in [-0.15, -0.1) is 6.42 Å². The fourth-order valence-electron chi connectivity index (χ4n) is 1.95. The van der Waals surface area contributed by atoms with Crippen LogP contribution in [0.2, 0.25) is 0 Å². The Labute approximate surface area is 94.1 Å². The molecule has 0 spiro atoms. The standard InChI is InChI=1S/C13H12O3/c1-5-10-7(2)11(6-14)9(4)12(8(10)3)13(15)16/h1,6H,2-4H3,(H,15,16). The van der Waals surface area contributed by atoms with Gasteiger partial charge in [0.25, 0.3) is 0 Å². The van der Waals surface area contributed by atoms with E-state index in [0.717, 1.165) is 0 Å². The van der Waals surface area contributed by atoms with E-state index in [-0.39, 0.29) is 5.56 Å². The highest BCUT2D eigenvalue weighted by Crippen LogP contribution is 2.25. The summed E-state index contributed by atoms with van der Waals surface area (Å²) in [6.07, 6.45) is 5.99.